The molecule has 0 spiro atoms. The molecule has 24 heavy (non-hydrogen) atoms. The van der Waals surface area contributed by atoms with Crippen LogP contribution in [0.4, 0.5) is 0 Å². The second-order valence-corrected chi connectivity index (χ2v) is 6.76. The molecule has 1 atom stereocenters. The maximum absolute atomic E-state index is 10.1. The lowest BCUT2D eigenvalue weighted by Crippen LogP contribution is -3.00. The van der Waals surface area contributed by atoms with E-state index in [0.717, 1.165) is 23.1 Å². The minimum Gasteiger partial charge on any atom is -1.00 e. The quantitative estimate of drug-likeness (QED) is 0.121. The topological polar surface area (TPSA) is 45.7 Å². The number of oxime groups is 1. The number of hydrogen-bond acceptors (Lipinski definition) is 3. The normalized spacial score (nSPS) is 18.1. The van der Waals surface area contributed by atoms with Crippen molar-refractivity contribution in [2.24, 2.45) is 12.2 Å². The number of halogens is 3. The fourth-order valence-electron chi connectivity index (χ4n) is 2.96. The fraction of sp³-hybridized carbons (Fsp3) is 0.625. The molecular formula is C16H26ClI2N3O2. The Morgan fingerprint density at radius 1 is 1.38 bits per heavy atom. The first kappa shape index (κ1) is 24.3. The Kier molecular flexibility index (Phi) is 12.0. The largest absolute Gasteiger partial charge is 1.00 e. The van der Waals surface area contributed by atoms with Crippen LogP contribution < -0.4 is 52.5 Å². The third-order valence-corrected chi connectivity index (χ3v) is 4.42. The van der Waals surface area contributed by atoms with Gasteiger partial charge in [-0.05, 0) is 25.3 Å². The fourth-order valence-corrected chi connectivity index (χ4v) is 3.12. The molecule has 0 aromatic carbocycles. The Balaban J connectivity index is 0.00000264. The van der Waals surface area contributed by atoms with Crippen LogP contribution in [0, 0.1) is 0 Å². The summed E-state index contributed by atoms with van der Waals surface area (Å²) in [7, 11) is 4.11. The lowest BCUT2D eigenvalue weighted by atomic mass is 10.1. The van der Waals surface area contributed by atoms with Gasteiger partial charge >= 0.3 is 0 Å². The zero-order chi connectivity index (χ0) is 16.0. The summed E-state index contributed by atoms with van der Waals surface area (Å²) in [5.41, 5.74) is 0.788. The van der Waals surface area contributed by atoms with E-state index < -0.39 is 6.10 Å². The molecule has 0 saturated carbocycles. The van der Waals surface area contributed by atoms with E-state index in [-0.39, 0.29) is 54.6 Å². The van der Waals surface area contributed by atoms with E-state index in [9.17, 15) is 5.11 Å². The summed E-state index contributed by atoms with van der Waals surface area (Å²) in [6.07, 6.45) is 7.03. The Morgan fingerprint density at radius 3 is 2.67 bits per heavy atom. The first-order valence-electron chi connectivity index (χ1n) is 7.81. The Labute approximate surface area is 183 Å². The van der Waals surface area contributed by atoms with Gasteiger partial charge in [-0.1, -0.05) is 16.8 Å². The van der Waals surface area contributed by atoms with Crippen molar-refractivity contribution >= 4 is 16.8 Å². The number of nitrogens with zero attached hydrogens (tertiary/aromatic N) is 3. The van der Waals surface area contributed by atoms with E-state index >= 15 is 0 Å². The first-order chi connectivity index (χ1) is 10.5. The number of aliphatic hydroxyl groups excluding tert-OH is 1. The smallest absolute Gasteiger partial charge is 0.181 e. The van der Waals surface area contributed by atoms with E-state index in [0.29, 0.717) is 11.7 Å². The van der Waals surface area contributed by atoms with Crippen LogP contribution in [-0.2, 0) is 11.9 Å². The van der Waals surface area contributed by atoms with Gasteiger partial charge in [0.2, 0.25) is 0 Å². The van der Waals surface area contributed by atoms with Crippen molar-refractivity contribution in [3.63, 3.8) is 0 Å². The molecule has 8 heteroatoms. The number of likely N-dealkylation sites (N-methyl/N-ethyl adjacent to an activating group) is 1. The molecule has 1 aliphatic heterocycles. The first-order valence-corrected chi connectivity index (χ1v) is 8.19. The van der Waals surface area contributed by atoms with Gasteiger partial charge in [0.15, 0.2) is 17.6 Å². The van der Waals surface area contributed by atoms with Crippen LogP contribution in [0.15, 0.2) is 29.7 Å². The Morgan fingerprint density at radius 2 is 2.04 bits per heavy atom. The summed E-state index contributed by atoms with van der Waals surface area (Å²) in [5.74, 6) is 0. The van der Waals surface area contributed by atoms with Gasteiger partial charge in [-0.2, -0.15) is 0 Å². The van der Waals surface area contributed by atoms with Crippen molar-refractivity contribution in [1.82, 2.24) is 0 Å². The summed E-state index contributed by atoms with van der Waals surface area (Å²) >= 11 is 6.11. The van der Waals surface area contributed by atoms with Crippen molar-refractivity contribution in [3.05, 3.63) is 30.1 Å². The number of aryl methyl sites for hydroxylation is 1. The third kappa shape index (κ3) is 8.11. The second kappa shape index (κ2) is 11.8. The molecule has 1 saturated heterocycles. The zero-order valence-electron chi connectivity index (χ0n) is 14.2. The van der Waals surface area contributed by atoms with E-state index in [4.69, 9.17) is 16.4 Å². The summed E-state index contributed by atoms with van der Waals surface area (Å²) in [6, 6.07) is 3.76. The van der Waals surface area contributed by atoms with Crippen molar-refractivity contribution < 1.29 is 66.9 Å². The zero-order valence-corrected chi connectivity index (χ0v) is 19.2. The van der Waals surface area contributed by atoms with Crippen LogP contribution in [0.25, 0.3) is 0 Å². The van der Waals surface area contributed by atoms with Crippen LogP contribution in [0.3, 0.4) is 0 Å². The highest BCUT2D eigenvalue weighted by atomic mass is 127. The van der Waals surface area contributed by atoms with Crippen LogP contribution in [0.2, 0.25) is 0 Å². The third-order valence-electron chi connectivity index (χ3n) is 4.14. The number of hydrogen-bond donors (Lipinski definition) is 1. The molecule has 1 unspecified atom stereocenters. The highest BCUT2D eigenvalue weighted by molar-refractivity contribution is 6.69. The van der Waals surface area contributed by atoms with Crippen molar-refractivity contribution in [1.29, 1.82) is 0 Å². The number of aromatic nitrogens is 1. The van der Waals surface area contributed by atoms with Gasteiger partial charge in [0.05, 0.1) is 25.7 Å². The number of piperidine rings is 1. The number of rotatable bonds is 6. The lowest BCUT2D eigenvalue weighted by molar-refractivity contribution is -0.916. The summed E-state index contributed by atoms with van der Waals surface area (Å²) in [4.78, 5) is 5.22. The average molecular weight is 582 g/mol. The second-order valence-electron chi connectivity index (χ2n) is 6.40. The molecule has 0 radical (unpaired) electrons. The van der Waals surface area contributed by atoms with Gasteiger partial charge in [-0.25, -0.2) is 4.57 Å². The van der Waals surface area contributed by atoms with Crippen molar-refractivity contribution in [2.75, 3.05) is 33.3 Å². The number of aliphatic hydroxyl groups is 1. The molecule has 1 fully saturated rings. The number of quaternary nitrogens is 1. The van der Waals surface area contributed by atoms with Crippen molar-refractivity contribution in [3.8, 4) is 0 Å². The minimum absolute atomic E-state index is 0. The van der Waals surface area contributed by atoms with Crippen LogP contribution >= 0.6 is 11.6 Å². The lowest BCUT2D eigenvalue weighted by Gasteiger charge is -2.38. The van der Waals surface area contributed by atoms with E-state index in [2.05, 4.69) is 12.2 Å². The van der Waals surface area contributed by atoms with Crippen LogP contribution in [0.5, 0.6) is 0 Å². The van der Waals surface area contributed by atoms with E-state index in [1.165, 1.54) is 19.3 Å². The van der Waals surface area contributed by atoms with Crippen LogP contribution in [-0.4, -0.2) is 54.2 Å². The van der Waals surface area contributed by atoms with Crippen LogP contribution in [0.1, 0.15) is 24.8 Å². The van der Waals surface area contributed by atoms with Gasteiger partial charge in [0.25, 0.3) is 0 Å². The molecule has 2 rings (SSSR count). The average Bonchev–Trinajstić information content (AvgIpc) is 2.47. The Hall–Kier alpha value is 0.290. The minimum atomic E-state index is -0.525. The maximum atomic E-state index is 10.1. The SMILES string of the molecule is C[n+]1cccc(/C(Cl)=N/OCC(O)C[N+]2(C)CCCCC2)c1.[I-].[I-]. The molecule has 1 aliphatic rings. The molecular weight excluding hydrogens is 555 g/mol. The molecule has 138 valence electrons. The molecule has 1 N–H and O–H groups in total. The summed E-state index contributed by atoms with van der Waals surface area (Å²) in [5, 5.41) is 14.3. The molecule has 0 bridgehead atoms. The Bertz CT molecular complexity index is 526. The van der Waals surface area contributed by atoms with Crippen molar-refractivity contribution in [2.45, 2.75) is 25.4 Å². The standard InChI is InChI=1S/C16H26ClN3O2.2HI/c1-19-8-6-7-14(11-19)16(17)18-22-13-15(21)12-20(2)9-4-3-5-10-20;;/h6-8,11,15,21H,3-5,9-10,12-13H2,1-2H3;2*1H/q+2;;/p-2/b18-16-;;. The molecule has 0 amide bonds. The summed E-state index contributed by atoms with van der Waals surface area (Å²) < 4.78 is 2.81. The predicted molar refractivity (Wildman–Crippen MR) is 86.6 cm³/mol. The summed E-state index contributed by atoms with van der Waals surface area (Å²) in [6.45, 7) is 3.12. The van der Waals surface area contributed by atoms with Gasteiger partial charge in [0, 0.05) is 6.07 Å². The highest BCUT2D eigenvalue weighted by Crippen LogP contribution is 2.16. The van der Waals surface area contributed by atoms with Gasteiger partial charge in [-0.15, -0.1) is 0 Å². The molecule has 2 heterocycles. The molecule has 1 aromatic rings. The monoisotopic (exact) mass is 581 g/mol. The van der Waals surface area contributed by atoms with E-state index in [1.54, 1.807) is 0 Å². The number of pyridine rings is 1. The van der Waals surface area contributed by atoms with Gasteiger partial charge in [-0.3, -0.25) is 0 Å². The van der Waals surface area contributed by atoms with Gasteiger partial charge < -0.3 is 62.4 Å². The molecule has 1 aromatic heterocycles. The highest BCUT2D eigenvalue weighted by Gasteiger charge is 2.28. The molecule has 5 nitrogen and oxygen atoms in total. The maximum Gasteiger partial charge on any atom is 0.181 e. The number of likely N-dealkylation sites (tertiary alicyclic amines) is 1. The predicted octanol–water partition coefficient (Wildman–Crippen LogP) is -4.57. The van der Waals surface area contributed by atoms with Gasteiger partial charge in [0.1, 0.15) is 26.3 Å². The van der Waals surface area contributed by atoms with E-state index in [1.807, 2.05) is 36.1 Å². The molecule has 0 aliphatic carbocycles.